The predicted octanol–water partition coefficient (Wildman–Crippen LogP) is 4.13. The van der Waals surface area contributed by atoms with Gasteiger partial charge in [-0.1, -0.05) is 12.1 Å². The van der Waals surface area contributed by atoms with E-state index >= 15 is 0 Å². The third-order valence-electron chi connectivity index (χ3n) is 3.04. The normalized spacial score (nSPS) is 11.5. The van der Waals surface area contributed by atoms with Crippen molar-refractivity contribution in [1.29, 1.82) is 0 Å². The van der Waals surface area contributed by atoms with Crippen molar-refractivity contribution in [2.24, 2.45) is 5.10 Å². The molecule has 10 heteroatoms. The average Bonchev–Trinajstić information content (AvgIpc) is 2.58. The molecule has 0 fully saturated rings. The van der Waals surface area contributed by atoms with Crippen LogP contribution in [0.25, 0.3) is 0 Å². The Kier molecular flexibility index (Phi) is 4.77. The lowest BCUT2D eigenvalue weighted by Gasteiger charge is -2.08. The van der Waals surface area contributed by atoms with Crippen LogP contribution in [0.1, 0.15) is 12.5 Å². The molecule has 0 atom stereocenters. The van der Waals surface area contributed by atoms with E-state index in [-0.39, 0.29) is 17.0 Å². The van der Waals surface area contributed by atoms with Gasteiger partial charge >= 0.3 is 0 Å². The fourth-order valence-corrected chi connectivity index (χ4v) is 1.84. The predicted molar refractivity (Wildman–Crippen MR) is 75.2 cm³/mol. The summed E-state index contributed by atoms with van der Waals surface area (Å²) in [5.74, 6) is -10.7. The first-order chi connectivity index (χ1) is 11.3. The highest BCUT2D eigenvalue weighted by Gasteiger charge is 2.26. The van der Waals surface area contributed by atoms with E-state index in [4.69, 9.17) is 0 Å². The van der Waals surface area contributed by atoms with Crippen molar-refractivity contribution in [3.63, 3.8) is 0 Å². The third kappa shape index (κ3) is 3.03. The number of hydrogen-bond acceptors (Lipinski definition) is 4. The van der Waals surface area contributed by atoms with Gasteiger partial charge in [0.2, 0.25) is 5.82 Å². The first-order valence-corrected chi connectivity index (χ1v) is 6.31. The zero-order chi connectivity index (χ0) is 18.0. The monoisotopic (exact) mass is 345 g/mol. The van der Waals surface area contributed by atoms with Crippen LogP contribution in [0.4, 0.5) is 33.3 Å². The highest BCUT2D eigenvalue weighted by atomic mass is 19.2. The Morgan fingerprint density at radius 1 is 1.00 bits per heavy atom. The van der Waals surface area contributed by atoms with E-state index in [1.54, 1.807) is 5.43 Å². The lowest BCUT2D eigenvalue weighted by molar-refractivity contribution is -0.385. The van der Waals surface area contributed by atoms with Crippen LogP contribution in [0.2, 0.25) is 0 Å². The molecule has 0 bridgehead atoms. The summed E-state index contributed by atoms with van der Waals surface area (Å²) in [7, 11) is 0. The molecular formula is C14H8F5N3O2. The van der Waals surface area contributed by atoms with Crippen LogP contribution in [-0.4, -0.2) is 10.6 Å². The van der Waals surface area contributed by atoms with Gasteiger partial charge in [-0.15, -0.1) is 0 Å². The number of nitro benzene ring substituents is 1. The van der Waals surface area contributed by atoms with Crippen LogP contribution < -0.4 is 5.43 Å². The second kappa shape index (κ2) is 6.60. The molecule has 2 rings (SSSR count). The van der Waals surface area contributed by atoms with Crippen LogP contribution in [0, 0.1) is 39.2 Å². The molecule has 126 valence electrons. The number of nitrogens with one attached hydrogen (secondary N) is 1. The fourth-order valence-electron chi connectivity index (χ4n) is 1.84. The number of nitrogens with zero attached hydrogens (tertiary/aromatic N) is 2. The van der Waals surface area contributed by atoms with Gasteiger partial charge in [0.1, 0.15) is 5.69 Å². The minimum atomic E-state index is -2.30. The molecule has 0 unspecified atom stereocenters. The lowest BCUT2D eigenvalue weighted by Crippen LogP contribution is -2.09. The summed E-state index contributed by atoms with van der Waals surface area (Å²) in [5, 5.41) is 14.4. The number of para-hydroxylation sites is 1. The number of benzene rings is 2. The maximum Gasteiger partial charge on any atom is 0.278 e. The van der Waals surface area contributed by atoms with Gasteiger partial charge < -0.3 is 0 Å². The summed E-state index contributed by atoms with van der Waals surface area (Å²) >= 11 is 0. The molecule has 0 heterocycles. The summed E-state index contributed by atoms with van der Waals surface area (Å²) in [4.78, 5) is 10.2. The molecular weight excluding hydrogens is 337 g/mol. The molecule has 2 aromatic carbocycles. The SMILES string of the molecule is C/C(=N/Nc1c(F)c(F)c(F)c(F)c1F)c1ccccc1[N+](=O)[O-]. The van der Waals surface area contributed by atoms with Gasteiger partial charge in [-0.25, -0.2) is 22.0 Å². The summed E-state index contributed by atoms with van der Waals surface area (Å²) < 4.78 is 66.1. The Labute approximate surface area is 131 Å². The van der Waals surface area contributed by atoms with Crippen LogP contribution in [-0.2, 0) is 0 Å². The summed E-state index contributed by atoms with van der Waals surface area (Å²) in [6, 6.07) is 5.34. The molecule has 0 radical (unpaired) electrons. The molecule has 1 N–H and O–H groups in total. The van der Waals surface area contributed by atoms with Gasteiger partial charge in [-0.2, -0.15) is 5.10 Å². The molecule has 0 aliphatic heterocycles. The standard InChI is InChI=1S/C14H8F5N3O2/c1-6(7-4-2-3-5-8(7)22(23)24)20-21-14-12(18)10(16)9(15)11(17)13(14)19/h2-5,21H,1H3/b20-6-. The second-order valence-electron chi connectivity index (χ2n) is 4.53. The van der Waals surface area contributed by atoms with Crippen molar-refractivity contribution >= 4 is 17.1 Å². The van der Waals surface area contributed by atoms with E-state index in [0.29, 0.717) is 0 Å². The Bertz CT molecular complexity index is 826. The molecule has 0 aromatic heterocycles. The van der Waals surface area contributed by atoms with E-state index < -0.39 is 39.7 Å². The number of nitro groups is 1. The van der Waals surface area contributed by atoms with Crippen LogP contribution in [0.15, 0.2) is 29.4 Å². The molecule has 24 heavy (non-hydrogen) atoms. The second-order valence-corrected chi connectivity index (χ2v) is 4.53. The van der Waals surface area contributed by atoms with Crippen molar-refractivity contribution in [2.45, 2.75) is 6.92 Å². The maximum absolute atomic E-state index is 13.5. The van der Waals surface area contributed by atoms with Crippen LogP contribution in [0.5, 0.6) is 0 Å². The maximum atomic E-state index is 13.5. The van der Waals surface area contributed by atoms with E-state index in [9.17, 15) is 32.1 Å². The third-order valence-corrected chi connectivity index (χ3v) is 3.04. The zero-order valence-corrected chi connectivity index (χ0v) is 11.9. The number of rotatable bonds is 4. The summed E-state index contributed by atoms with van der Waals surface area (Å²) in [6.07, 6.45) is 0. The Morgan fingerprint density at radius 2 is 1.50 bits per heavy atom. The first-order valence-electron chi connectivity index (χ1n) is 6.31. The molecule has 0 saturated heterocycles. The zero-order valence-electron chi connectivity index (χ0n) is 11.9. The van der Waals surface area contributed by atoms with Crippen molar-refractivity contribution in [2.75, 3.05) is 5.43 Å². The van der Waals surface area contributed by atoms with Gasteiger partial charge in [-0.3, -0.25) is 15.5 Å². The van der Waals surface area contributed by atoms with Crippen molar-refractivity contribution in [3.05, 3.63) is 69.0 Å². The highest BCUT2D eigenvalue weighted by Crippen LogP contribution is 2.27. The fraction of sp³-hybridized carbons (Fsp3) is 0.0714. The lowest BCUT2D eigenvalue weighted by atomic mass is 10.1. The topological polar surface area (TPSA) is 67.5 Å². The van der Waals surface area contributed by atoms with Crippen LogP contribution in [0.3, 0.4) is 0 Å². The number of halogens is 5. The molecule has 2 aromatic rings. The smallest absolute Gasteiger partial charge is 0.272 e. The first kappa shape index (κ1) is 17.3. The molecule has 0 aliphatic rings. The minimum absolute atomic E-state index is 0.0128. The minimum Gasteiger partial charge on any atom is -0.272 e. The molecule has 5 nitrogen and oxygen atoms in total. The van der Waals surface area contributed by atoms with E-state index in [1.807, 2.05) is 0 Å². The summed E-state index contributed by atoms with van der Waals surface area (Å²) in [5.41, 5.74) is -0.0477. The summed E-state index contributed by atoms with van der Waals surface area (Å²) in [6.45, 7) is 1.27. The van der Waals surface area contributed by atoms with E-state index in [1.165, 1.54) is 31.2 Å². The van der Waals surface area contributed by atoms with Crippen LogP contribution >= 0.6 is 0 Å². The van der Waals surface area contributed by atoms with Gasteiger partial charge in [0, 0.05) is 6.07 Å². The van der Waals surface area contributed by atoms with Gasteiger partial charge in [0.05, 0.1) is 16.2 Å². The van der Waals surface area contributed by atoms with Crippen molar-refractivity contribution in [1.82, 2.24) is 0 Å². The Balaban J connectivity index is 2.44. The quantitative estimate of drug-likeness (QED) is 0.226. The van der Waals surface area contributed by atoms with Gasteiger partial charge in [0.15, 0.2) is 23.3 Å². The largest absolute Gasteiger partial charge is 0.278 e. The molecule has 0 aliphatic carbocycles. The van der Waals surface area contributed by atoms with Crippen molar-refractivity contribution in [3.8, 4) is 0 Å². The van der Waals surface area contributed by atoms with E-state index in [2.05, 4.69) is 5.10 Å². The van der Waals surface area contributed by atoms with Gasteiger partial charge in [0.25, 0.3) is 5.69 Å². The van der Waals surface area contributed by atoms with Gasteiger partial charge in [-0.05, 0) is 13.0 Å². The number of hydrogen-bond donors (Lipinski definition) is 1. The number of hydrazone groups is 1. The van der Waals surface area contributed by atoms with E-state index in [0.717, 1.165) is 0 Å². The molecule has 0 amide bonds. The molecule has 0 spiro atoms. The van der Waals surface area contributed by atoms with Crippen molar-refractivity contribution < 1.29 is 26.9 Å². The Hall–Kier alpha value is -3.04. The highest BCUT2D eigenvalue weighted by molar-refractivity contribution is 6.02. The average molecular weight is 345 g/mol. The molecule has 0 saturated carbocycles. The number of anilines is 1. The Morgan fingerprint density at radius 3 is 2.04 bits per heavy atom.